The second-order valence-corrected chi connectivity index (χ2v) is 12.6. The Hall–Kier alpha value is -4.71. The summed E-state index contributed by atoms with van der Waals surface area (Å²) < 4.78 is 69.8. The van der Waals surface area contributed by atoms with Gasteiger partial charge < -0.3 is 18.8 Å². The molecule has 47 heavy (non-hydrogen) atoms. The lowest BCUT2D eigenvalue weighted by Crippen LogP contribution is -2.29. The molecule has 0 aliphatic carbocycles. The number of aryl methyl sites for hydroxylation is 1. The number of fused-ring (bicyclic) bond motifs is 1. The molecular formula is C35H38F2N2O7S. The van der Waals surface area contributed by atoms with Crippen LogP contribution in [-0.4, -0.2) is 50.9 Å². The maximum atomic E-state index is 13.7. The van der Waals surface area contributed by atoms with Gasteiger partial charge >= 0.3 is 5.97 Å². The van der Waals surface area contributed by atoms with Crippen LogP contribution in [0.1, 0.15) is 49.3 Å². The highest BCUT2D eigenvalue weighted by atomic mass is 32.2. The third-order valence-electron chi connectivity index (χ3n) is 7.08. The number of rotatable bonds is 17. The summed E-state index contributed by atoms with van der Waals surface area (Å²) in [7, 11) is -3.62. The van der Waals surface area contributed by atoms with Crippen molar-refractivity contribution in [3.8, 4) is 11.5 Å². The molecule has 0 bridgehead atoms. The smallest absolute Gasteiger partial charge is 0.325 e. The number of ether oxygens (including phenoxy) is 3. The first-order chi connectivity index (χ1) is 22.5. The van der Waals surface area contributed by atoms with Crippen LogP contribution in [0.5, 0.6) is 11.5 Å². The largest absolute Gasteiger partial charge is 0.494 e. The first-order valence-corrected chi connectivity index (χ1v) is 17.2. The van der Waals surface area contributed by atoms with Crippen molar-refractivity contribution in [1.29, 1.82) is 0 Å². The van der Waals surface area contributed by atoms with Crippen molar-refractivity contribution < 1.29 is 41.0 Å². The number of nitrogens with zero attached hydrogens (tertiary/aromatic N) is 1. The van der Waals surface area contributed by atoms with Crippen LogP contribution in [0.2, 0.25) is 0 Å². The Bertz CT molecular complexity index is 1820. The van der Waals surface area contributed by atoms with Gasteiger partial charge in [0.1, 0.15) is 12.3 Å². The Kier molecular flexibility index (Phi) is 12.5. The predicted octanol–water partition coefficient (Wildman–Crippen LogP) is 6.29. The van der Waals surface area contributed by atoms with Crippen LogP contribution in [-0.2, 0) is 37.3 Å². The fourth-order valence-corrected chi connectivity index (χ4v) is 5.51. The highest BCUT2D eigenvalue weighted by molar-refractivity contribution is 7.89. The number of unbranched alkanes of at least 4 members (excludes halogenated alkanes) is 1. The maximum Gasteiger partial charge on any atom is 0.325 e. The zero-order valence-corrected chi connectivity index (χ0v) is 27.2. The Morgan fingerprint density at radius 3 is 2.36 bits per heavy atom. The van der Waals surface area contributed by atoms with Gasteiger partial charge in [-0.05, 0) is 73.6 Å². The van der Waals surface area contributed by atoms with Crippen LogP contribution < -0.4 is 14.2 Å². The van der Waals surface area contributed by atoms with Crippen molar-refractivity contribution in [3.63, 3.8) is 0 Å². The number of amides is 1. The monoisotopic (exact) mass is 668 g/mol. The fraction of sp³-hybridized carbons (Fsp3) is 0.314. The second-order valence-electron chi connectivity index (χ2n) is 10.8. The number of nitrogens with one attached hydrogen (secondary N) is 1. The molecule has 1 N–H and O–H groups in total. The number of aromatic nitrogens is 1. The van der Waals surface area contributed by atoms with Crippen LogP contribution in [0.15, 0.2) is 66.9 Å². The van der Waals surface area contributed by atoms with Crippen LogP contribution in [0.3, 0.4) is 0 Å². The summed E-state index contributed by atoms with van der Waals surface area (Å²) in [5.74, 6) is -2.27. The SMILES string of the molecule is CCOC(=O)Cn1cc(CCCC(=O)NS(C)(=O)=O)c2cccc(/C=C/c3ccc(OCCCCOc4cccc(F)c4F)cc3)c21. The summed E-state index contributed by atoms with van der Waals surface area (Å²) >= 11 is 0. The van der Waals surface area contributed by atoms with Crippen LogP contribution in [0.4, 0.5) is 8.78 Å². The summed E-state index contributed by atoms with van der Waals surface area (Å²) in [6.45, 7) is 2.71. The van der Waals surface area contributed by atoms with Gasteiger partial charge in [-0.3, -0.25) is 14.3 Å². The number of hydrogen-bond acceptors (Lipinski definition) is 7. The van der Waals surface area contributed by atoms with E-state index in [0.29, 0.717) is 38.0 Å². The number of hydrogen-bond donors (Lipinski definition) is 1. The van der Waals surface area contributed by atoms with Crippen molar-refractivity contribution in [2.75, 3.05) is 26.1 Å². The molecule has 1 heterocycles. The molecule has 0 fully saturated rings. The molecule has 0 aliphatic rings. The summed E-state index contributed by atoms with van der Waals surface area (Å²) in [4.78, 5) is 24.4. The summed E-state index contributed by atoms with van der Waals surface area (Å²) in [5.41, 5.74) is 3.59. The Morgan fingerprint density at radius 1 is 0.915 bits per heavy atom. The van der Waals surface area contributed by atoms with E-state index in [0.717, 1.165) is 39.9 Å². The summed E-state index contributed by atoms with van der Waals surface area (Å²) in [5, 5.41) is 0.926. The number of carbonyl (C=O) groups excluding carboxylic acids is 2. The number of esters is 1. The number of carbonyl (C=O) groups is 2. The fourth-order valence-electron chi connectivity index (χ4n) is 5.00. The Morgan fingerprint density at radius 2 is 1.64 bits per heavy atom. The van der Waals surface area contributed by atoms with Crippen LogP contribution in [0, 0.1) is 11.6 Å². The van der Waals surface area contributed by atoms with E-state index in [9.17, 15) is 26.8 Å². The molecule has 0 atom stereocenters. The predicted molar refractivity (Wildman–Crippen MR) is 176 cm³/mol. The summed E-state index contributed by atoms with van der Waals surface area (Å²) in [6, 6.07) is 17.2. The standard InChI is InChI=1S/C35H38F2N2O7S/c1-3-44-33(41)24-39-23-27(10-7-14-32(40)38-47(2,42)43)29-11-6-9-26(35(29)39)18-15-25-16-19-28(20-17-25)45-21-4-5-22-46-31-13-8-12-30(36)34(31)37/h6,8-9,11-13,15-20,23H,3-5,7,10,14,21-22,24H2,1-2H3,(H,38,40)/b18-15+. The van der Waals surface area contributed by atoms with Gasteiger partial charge in [-0.1, -0.05) is 48.6 Å². The van der Waals surface area contributed by atoms with Crippen molar-refractivity contribution in [3.05, 3.63) is 95.2 Å². The average molecular weight is 669 g/mol. The zero-order valence-electron chi connectivity index (χ0n) is 26.3. The van der Waals surface area contributed by atoms with Crippen LogP contribution >= 0.6 is 0 Å². The minimum absolute atomic E-state index is 0.0175. The molecule has 9 nitrogen and oxygen atoms in total. The van der Waals surface area contributed by atoms with Gasteiger partial charge in [0, 0.05) is 18.0 Å². The molecule has 0 radical (unpaired) electrons. The molecular weight excluding hydrogens is 630 g/mol. The zero-order chi connectivity index (χ0) is 33.8. The number of para-hydroxylation sites is 1. The third kappa shape index (κ3) is 10.7. The highest BCUT2D eigenvalue weighted by Gasteiger charge is 2.15. The molecule has 1 aromatic heterocycles. The molecule has 1 amide bonds. The van der Waals surface area contributed by atoms with Crippen molar-refractivity contribution in [1.82, 2.24) is 9.29 Å². The van der Waals surface area contributed by atoms with Crippen molar-refractivity contribution in [2.24, 2.45) is 0 Å². The topological polar surface area (TPSA) is 113 Å². The van der Waals surface area contributed by atoms with Gasteiger partial charge in [-0.15, -0.1) is 0 Å². The first kappa shape index (κ1) is 35.1. The van der Waals surface area contributed by atoms with Gasteiger partial charge in [-0.2, -0.15) is 4.39 Å². The second kappa shape index (κ2) is 16.7. The molecule has 12 heteroatoms. The number of benzene rings is 3. The van der Waals surface area contributed by atoms with E-state index in [4.69, 9.17) is 14.2 Å². The lowest BCUT2D eigenvalue weighted by atomic mass is 10.0. The molecule has 0 spiro atoms. The molecule has 0 unspecified atom stereocenters. The van der Waals surface area contributed by atoms with Gasteiger partial charge in [-0.25, -0.2) is 12.8 Å². The Labute approximate surface area is 273 Å². The van der Waals surface area contributed by atoms with Gasteiger partial charge in [0.15, 0.2) is 11.6 Å². The summed E-state index contributed by atoms with van der Waals surface area (Å²) in [6.07, 6.45) is 9.00. The lowest BCUT2D eigenvalue weighted by molar-refractivity contribution is -0.143. The molecule has 4 aromatic rings. The van der Waals surface area contributed by atoms with E-state index >= 15 is 0 Å². The van der Waals surface area contributed by atoms with Crippen molar-refractivity contribution >= 4 is 45.0 Å². The molecule has 0 aliphatic heterocycles. The maximum absolute atomic E-state index is 13.7. The normalized spacial score (nSPS) is 11.6. The molecule has 250 valence electrons. The van der Waals surface area contributed by atoms with E-state index in [1.807, 2.05) is 70.1 Å². The molecule has 3 aromatic carbocycles. The third-order valence-corrected chi connectivity index (χ3v) is 7.68. The van der Waals surface area contributed by atoms with Gasteiger partial charge in [0.25, 0.3) is 0 Å². The molecule has 4 rings (SSSR count). The number of halogens is 2. The minimum atomic E-state index is -3.62. The van der Waals surface area contributed by atoms with E-state index < -0.39 is 27.6 Å². The van der Waals surface area contributed by atoms with E-state index in [1.165, 1.54) is 12.1 Å². The highest BCUT2D eigenvalue weighted by Crippen LogP contribution is 2.28. The lowest BCUT2D eigenvalue weighted by Gasteiger charge is -2.09. The van der Waals surface area contributed by atoms with Gasteiger partial charge in [0.05, 0.1) is 31.6 Å². The first-order valence-electron chi connectivity index (χ1n) is 15.3. The minimum Gasteiger partial charge on any atom is -0.494 e. The van der Waals surface area contributed by atoms with Gasteiger partial charge in [0.2, 0.25) is 21.7 Å². The van der Waals surface area contributed by atoms with E-state index in [2.05, 4.69) is 0 Å². The molecule has 0 saturated heterocycles. The number of sulfonamides is 1. The quantitative estimate of drug-likeness (QED) is 0.0800. The molecule has 0 saturated carbocycles. The average Bonchev–Trinajstić information content (AvgIpc) is 3.37. The Balaban J connectivity index is 1.37. The van der Waals surface area contributed by atoms with E-state index in [1.54, 1.807) is 6.92 Å². The van der Waals surface area contributed by atoms with Crippen molar-refractivity contribution in [2.45, 2.75) is 45.6 Å². The van der Waals surface area contributed by atoms with E-state index in [-0.39, 0.29) is 37.9 Å². The van der Waals surface area contributed by atoms with Crippen LogP contribution in [0.25, 0.3) is 23.1 Å².